The molecule has 1 fully saturated rings. The van der Waals surface area contributed by atoms with Gasteiger partial charge in [-0.25, -0.2) is 4.98 Å². The number of benzene rings is 1. The van der Waals surface area contributed by atoms with Crippen molar-refractivity contribution in [2.24, 2.45) is 5.92 Å². The Kier molecular flexibility index (Phi) is 5.64. The molecule has 2 aliphatic rings. The lowest BCUT2D eigenvalue weighted by atomic mass is 9.89. The number of pyridine rings is 1. The molecule has 0 saturated heterocycles. The third-order valence-electron chi connectivity index (χ3n) is 6.53. The highest BCUT2D eigenvalue weighted by Crippen LogP contribution is 2.32. The number of hydrogen-bond donors (Lipinski definition) is 1. The maximum atomic E-state index is 12.9. The largest absolute Gasteiger partial charge is 0.454 e. The van der Waals surface area contributed by atoms with Gasteiger partial charge in [-0.2, -0.15) is 0 Å². The van der Waals surface area contributed by atoms with E-state index >= 15 is 0 Å². The Bertz CT molecular complexity index is 1130. The number of aryl methyl sites for hydroxylation is 1. The molecule has 0 radical (unpaired) electrons. The van der Waals surface area contributed by atoms with Crippen LogP contribution in [0.3, 0.4) is 0 Å². The van der Waals surface area contributed by atoms with E-state index in [1.807, 2.05) is 47.9 Å². The summed E-state index contributed by atoms with van der Waals surface area (Å²) < 4.78 is 12.8. The lowest BCUT2D eigenvalue weighted by Crippen LogP contribution is -2.28. The van der Waals surface area contributed by atoms with Gasteiger partial charge < -0.3 is 19.7 Å². The molecule has 0 spiro atoms. The Morgan fingerprint density at radius 3 is 2.81 bits per heavy atom. The molecule has 2 aromatic heterocycles. The zero-order chi connectivity index (χ0) is 22.1. The summed E-state index contributed by atoms with van der Waals surface area (Å²) in [6.07, 6.45) is 8.52. The Morgan fingerprint density at radius 2 is 1.97 bits per heavy atom. The first kappa shape index (κ1) is 20.7. The minimum Gasteiger partial charge on any atom is -0.454 e. The Hall–Kier alpha value is -3.22. The van der Waals surface area contributed by atoms with Gasteiger partial charge in [0, 0.05) is 26.3 Å². The fourth-order valence-corrected chi connectivity index (χ4v) is 4.92. The molecule has 168 valence electrons. The van der Waals surface area contributed by atoms with E-state index in [-0.39, 0.29) is 12.7 Å². The first-order valence-electron chi connectivity index (χ1n) is 11.4. The van der Waals surface area contributed by atoms with Crippen LogP contribution in [0, 0.1) is 12.8 Å². The first-order chi connectivity index (χ1) is 15.6. The van der Waals surface area contributed by atoms with Gasteiger partial charge in [0.1, 0.15) is 11.5 Å². The molecule has 0 unspecified atom stereocenters. The number of nitrogens with one attached hydrogen (secondary N) is 1. The second-order valence-electron chi connectivity index (χ2n) is 8.92. The number of ether oxygens (including phenoxy) is 2. The fourth-order valence-electron chi connectivity index (χ4n) is 4.92. The van der Waals surface area contributed by atoms with Crippen LogP contribution in [0.2, 0.25) is 0 Å². The summed E-state index contributed by atoms with van der Waals surface area (Å²) in [7, 11) is 2.14. The van der Waals surface area contributed by atoms with Gasteiger partial charge in [-0.3, -0.25) is 9.20 Å². The molecule has 1 aliphatic heterocycles. The molecule has 1 aliphatic carbocycles. The van der Waals surface area contributed by atoms with Gasteiger partial charge in [0.2, 0.25) is 6.79 Å². The predicted molar refractivity (Wildman–Crippen MR) is 124 cm³/mol. The highest BCUT2D eigenvalue weighted by molar-refractivity contribution is 5.94. The van der Waals surface area contributed by atoms with Gasteiger partial charge in [0.15, 0.2) is 11.5 Å². The van der Waals surface area contributed by atoms with Crippen molar-refractivity contribution in [3.8, 4) is 11.5 Å². The van der Waals surface area contributed by atoms with E-state index in [0.29, 0.717) is 12.1 Å². The number of carbonyl (C=O) groups is 1. The van der Waals surface area contributed by atoms with Crippen LogP contribution in [-0.4, -0.2) is 35.7 Å². The van der Waals surface area contributed by atoms with Crippen molar-refractivity contribution in [2.75, 3.05) is 25.3 Å². The number of hydrogen-bond acceptors (Lipinski definition) is 5. The van der Waals surface area contributed by atoms with Gasteiger partial charge in [-0.15, -0.1) is 0 Å². The van der Waals surface area contributed by atoms with Crippen LogP contribution < -0.4 is 19.7 Å². The summed E-state index contributed by atoms with van der Waals surface area (Å²) in [6.45, 7) is 3.73. The summed E-state index contributed by atoms with van der Waals surface area (Å²) in [5, 5.41) is 3.01. The van der Waals surface area contributed by atoms with E-state index in [4.69, 9.17) is 14.5 Å². The number of rotatable bonds is 6. The topological polar surface area (TPSA) is 68.1 Å². The van der Waals surface area contributed by atoms with Gasteiger partial charge >= 0.3 is 0 Å². The molecule has 1 N–H and O–H groups in total. The number of carbonyl (C=O) groups excluding carboxylic acids is 1. The van der Waals surface area contributed by atoms with Crippen LogP contribution in [0.25, 0.3) is 5.65 Å². The smallest absolute Gasteiger partial charge is 0.253 e. The number of nitrogens with zero attached hydrogens (tertiary/aromatic N) is 3. The molecule has 0 bridgehead atoms. The molecular weight excluding hydrogens is 404 g/mol. The van der Waals surface area contributed by atoms with Crippen LogP contribution >= 0.6 is 0 Å². The Balaban J connectivity index is 1.31. The predicted octanol–water partition coefficient (Wildman–Crippen LogP) is 4.32. The minimum absolute atomic E-state index is 0.114. The number of anilines is 1. The third-order valence-corrected chi connectivity index (χ3v) is 6.53. The molecule has 7 heteroatoms. The minimum atomic E-state index is -0.114. The van der Waals surface area contributed by atoms with Crippen molar-refractivity contribution in [2.45, 2.75) is 45.6 Å². The second-order valence-corrected chi connectivity index (χ2v) is 8.92. The number of imidazole rings is 1. The van der Waals surface area contributed by atoms with Crippen molar-refractivity contribution in [3.05, 3.63) is 53.3 Å². The molecule has 1 amide bonds. The molecule has 5 rings (SSSR count). The molecule has 0 atom stereocenters. The maximum Gasteiger partial charge on any atom is 0.253 e. The Labute approximate surface area is 188 Å². The second kappa shape index (κ2) is 8.73. The molecule has 7 nitrogen and oxygen atoms in total. The number of fused-ring (bicyclic) bond motifs is 2. The summed E-state index contributed by atoms with van der Waals surface area (Å²) in [5.74, 6) is 3.14. The average Bonchev–Trinajstić information content (AvgIpc) is 3.40. The van der Waals surface area contributed by atoms with Gasteiger partial charge in [0.25, 0.3) is 5.91 Å². The molecule has 3 aromatic rings. The van der Waals surface area contributed by atoms with Crippen LogP contribution in [0.4, 0.5) is 5.82 Å². The third kappa shape index (κ3) is 4.11. The lowest BCUT2D eigenvalue weighted by Gasteiger charge is -2.28. The molecule has 32 heavy (non-hydrogen) atoms. The zero-order valence-electron chi connectivity index (χ0n) is 18.8. The van der Waals surface area contributed by atoms with Crippen LogP contribution in [0.15, 0.2) is 36.5 Å². The summed E-state index contributed by atoms with van der Waals surface area (Å²) in [4.78, 5) is 19.9. The standard InChI is InChI=1S/C25H30N4O3/c1-17-25(28(2)14-18-6-4-3-5-7-18)29-15-20(9-11-23(29)27-17)24(30)26-13-19-8-10-21-22(12-19)32-16-31-21/h8-12,15,18H,3-7,13-14,16H2,1-2H3,(H,26,30). The first-order valence-corrected chi connectivity index (χ1v) is 11.4. The fraction of sp³-hybridized carbons (Fsp3) is 0.440. The molecule has 1 saturated carbocycles. The van der Waals surface area contributed by atoms with Gasteiger partial charge in [-0.05, 0) is 55.5 Å². The van der Waals surface area contributed by atoms with Gasteiger partial charge in [0.05, 0.1) is 11.3 Å². The summed E-state index contributed by atoms with van der Waals surface area (Å²) in [6, 6.07) is 9.47. The molecular formula is C25H30N4O3. The normalized spacial score (nSPS) is 15.8. The number of amides is 1. The SMILES string of the molecule is Cc1nc2ccc(C(=O)NCc3ccc4c(c3)OCO4)cn2c1N(C)CC1CCCCC1. The quantitative estimate of drug-likeness (QED) is 0.626. The highest BCUT2D eigenvalue weighted by atomic mass is 16.7. The average molecular weight is 435 g/mol. The lowest BCUT2D eigenvalue weighted by molar-refractivity contribution is 0.0950. The zero-order valence-corrected chi connectivity index (χ0v) is 18.8. The van der Waals surface area contributed by atoms with E-state index in [1.165, 1.54) is 32.1 Å². The molecule has 1 aromatic carbocycles. The van der Waals surface area contributed by atoms with E-state index < -0.39 is 0 Å². The Morgan fingerprint density at radius 1 is 1.16 bits per heavy atom. The van der Waals surface area contributed by atoms with Crippen LogP contribution in [0.1, 0.15) is 53.7 Å². The summed E-state index contributed by atoms with van der Waals surface area (Å²) >= 11 is 0. The van der Waals surface area contributed by atoms with E-state index in [2.05, 4.69) is 17.3 Å². The van der Waals surface area contributed by atoms with E-state index in [1.54, 1.807) is 0 Å². The van der Waals surface area contributed by atoms with E-state index in [9.17, 15) is 4.79 Å². The van der Waals surface area contributed by atoms with Crippen molar-refractivity contribution in [1.82, 2.24) is 14.7 Å². The van der Waals surface area contributed by atoms with Crippen molar-refractivity contribution >= 4 is 17.4 Å². The monoisotopic (exact) mass is 434 g/mol. The van der Waals surface area contributed by atoms with Crippen LogP contribution in [0.5, 0.6) is 11.5 Å². The number of aromatic nitrogens is 2. The van der Waals surface area contributed by atoms with E-state index in [0.717, 1.165) is 46.7 Å². The highest BCUT2D eigenvalue weighted by Gasteiger charge is 2.20. The molecule has 3 heterocycles. The van der Waals surface area contributed by atoms with Crippen molar-refractivity contribution in [3.63, 3.8) is 0 Å². The van der Waals surface area contributed by atoms with Crippen LogP contribution in [-0.2, 0) is 6.54 Å². The van der Waals surface area contributed by atoms with Crippen molar-refractivity contribution < 1.29 is 14.3 Å². The van der Waals surface area contributed by atoms with Gasteiger partial charge in [-0.1, -0.05) is 25.3 Å². The summed E-state index contributed by atoms with van der Waals surface area (Å²) in [5.41, 5.74) is 3.43. The van der Waals surface area contributed by atoms with Crippen molar-refractivity contribution in [1.29, 1.82) is 0 Å². The maximum absolute atomic E-state index is 12.9.